The van der Waals surface area contributed by atoms with Crippen LogP contribution in [-0.4, -0.2) is 43.7 Å². The summed E-state index contributed by atoms with van der Waals surface area (Å²) in [5.74, 6) is 0.0210. The third-order valence-electron chi connectivity index (χ3n) is 2.93. The summed E-state index contributed by atoms with van der Waals surface area (Å²) in [5, 5.41) is 2.91. The van der Waals surface area contributed by atoms with Crippen LogP contribution < -0.4 is 5.32 Å². The first-order valence-corrected chi connectivity index (χ1v) is 6.80. The number of benzene rings is 1. The second-order valence-electron chi connectivity index (χ2n) is 4.40. The van der Waals surface area contributed by atoms with E-state index in [9.17, 15) is 4.79 Å². The highest BCUT2D eigenvalue weighted by molar-refractivity contribution is 9.10. The molecule has 1 aromatic rings. The molecule has 18 heavy (non-hydrogen) atoms. The summed E-state index contributed by atoms with van der Waals surface area (Å²) in [6.45, 7) is 5.51. The first kappa shape index (κ1) is 13.5. The van der Waals surface area contributed by atoms with Crippen molar-refractivity contribution < 1.29 is 9.53 Å². The zero-order valence-electron chi connectivity index (χ0n) is 10.4. The Morgan fingerprint density at radius 1 is 1.44 bits per heavy atom. The molecule has 1 N–H and O–H groups in total. The van der Waals surface area contributed by atoms with Gasteiger partial charge in [-0.25, -0.2) is 0 Å². The monoisotopic (exact) mass is 312 g/mol. The van der Waals surface area contributed by atoms with Crippen molar-refractivity contribution in [1.82, 2.24) is 4.90 Å². The predicted molar refractivity (Wildman–Crippen MR) is 74.8 cm³/mol. The van der Waals surface area contributed by atoms with E-state index >= 15 is 0 Å². The van der Waals surface area contributed by atoms with E-state index in [1.54, 1.807) is 0 Å². The van der Waals surface area contributed by atoms with Crippen LogP contribution in [0.15, 0.2) is 22.7 Å². The number of carbonyl (C=O) groups excluding carboxylic acids is 1. The molecule has 0 radical (unpaired) electrons. The van der Waals surface area contributed by atoms with Crippen LogP contribution in [0.3, 0.4) is 0 Å². The fraction of sp³-hybridized carbons (Fsp3) is 0.462. The van der Waals surface area contributed by atoms with Crippen LogP contribution in [0.2, 0.25) is 0 Å². The van der Waals surface area contributed by atoms with Gasteiger partial charge in [-0.15, -0.1) is 0 Å². The van der Waals surface area contributed by atoms with E-state index in [1.165, 1.54) is 0 Å². The summed E-state index contributed by atoms with van der Waals surface area (Å²) in [5.41, 5.74) is 1.98. The highest BCUT2D eigenvalue weighted by Crippen LogP contribution is 2.20. The molecule has 0 aromatic heterocycles. The average molecular weight is 313 g/mol. The minimum absolute atomic E-state index is 0.0210. The summed E-state index contributed by atoms with van der Waals surface area (Å²) in [7, 11) is 0. The predicted octanol–water partition coefficient (Wildman–Crippen LogP) is 2.03. The molecule has 0 saturated carbocycles. The highest BCUT2D eigenvalue weighted by Gasteiger charge is 2.14. The van der Waals surface area contributed by atoms with E-state index in [1.807, 2.05) is 25.1 Å². The average Bonchev–Trinajstić information content (AvgIpc) is 2.35. The van der Waals surface area contributed by atoms with Gasteiger partial charge in [-0.2, -0.15) is 0 Å². The van der Waals surface area contributed by atoms with Crippen molar-refractivity contribution in [3.8, 4) is 0 Å². The molecule has 98 valence electrons. The topological polar surface area (TPSA) is 41.6 Å². The molecular weight excluding hydrogens is 296 g/mol. The van der Waals surface area contributed by atoms with Gasteiger partial charge in [0.05, 0.1) is 19.8 Å². The number of morpholine rings is 1. The van der Waals surface area contributed by atoms with Crippen LogP contribution in [0.5, 0.6) is 0 Å². The van der Waals surface area contributed by atoms with Crippen molar-refractivity contribution in [2.45, 2.75) is 6.92 Å². The third-order valence-corrected chi connectivity index (χ3v) is 3.78. The minimum Gasteiger partial charge on any atom is -0.379 e. The number of anilines is 1. The van der Waals surface area contributed by atoms with E-state index in [0.29, 0.717) is 19.8 Å². The van der Waals surface area contributed by atoms with Gasteiger partial charge in [-0.05, 0) is 24.6 Å². The van der Waals surface area contributed by atoms with E-state index in [-0.39, 0.29) is 5.91 Å². The molecule has 1 heterocycles. The molecular formula is C13H17BrN2O2. The number of nitrogens with one attached hydrogen (secondary N) is 1. The zero-order valence-corrected chi connectivity index (χ0v) is 12.0. The lowest BCUT2D eigenvalue weighted by Gasteiger charge is -2.25. The summed E-state index contributed by atoms with van der Waals surface area (Å²) < 4.78 is 6.26. The van der Waals surface area contributed by atoms with Crippen molar-refractivity contribution in [3.63, 3.8) is 0 Å². The number of aryl methyl sites for hydroxylation is 1. The molecule has 1 aromatic carbocycles. The molecule has 1 fully saturated rings. The minimum atomic E-state index is 0.0210. The molecule has 1 aliphatic heterocycles. The number of nitrogens with zero attached hydrogens (tertiary/aromatic N) is 1. The van der Waals surface area contributed by atoms with Gasteiger partial charge in [0.2, 0.25) is 5.91 Å². The lowest BCUT2D eigenvalue weighted by Crippen LogP contribution is -2.41. The SMILES string of the molecule is Cc1ccc(NC(=O)CN2CCOCC2)cc1Br. The van der Waals surface area contributed by atoms with Crippen molar-refractivity contribution in [2.24, 2.45) is 0 Å². The Morgan fingerprint density at radius 2 is 2.17 bits per heavy atom. The maximum Gasteiger partial charge on any atom is 0.238 e. The largest absolute Gasteiger partial charge is 0.379 e. The number of rotatable bonds is 3. The summed E-state index contributed by atoms with van der Waals surface area (Å²) in [4.78, 5) is 14.0. The second kappa shape index (κ2) is 6.31. The smallest absolute Gasteiger partial charge is 0.238 e. The Kier molecular flexibility index (Phi) is 4.74. The van der Waals surface area contributed by atoms with Crippen molar-refractivity contribution in [2.75, 3.05) is 38.2 Å². The quantitative estimate of drug-likeness (QED) is 0.928. The van der Waals surface area contributed by atoms with Crippen LogP contribution in [0.1, 0.15) is 5.56 Å². The van der Waals surface area contributed by atoms with Gasteiger partial charge >= 0.3 is 0 Å². The highest BCUT2D eigenvalue weighted by atomic mass is 79.9. The maximum atomic E-state index is 11.9. The molecule has 4 nitrogen and oxygen atoms in total. The number of hydrogen-bond donors (Lipinski definition) is 1. The Hall–Kier alpha value is -0.910. The summed E-state index contributed by atoms with van der Waals surface area (Å²) in [6.07, 6.45) is 0. The van der Waals surface area contributed by atoms with Gasteiger partial charge in [-0.1, -0.05) is 22.0 Å². The standard InChI is InChI=1S/C13H17BrN2O2/c1-10-2-3-11(8-12(10)14)15-13(17)9-16-4-6-18-7-5-16/h2-3,8H,4-7,9H2,1H3,(H,15,17). The Balaban J connectivity index is 1.88. The van der Waals surface area contributed by atoms with Crippen LogP contribution in [0.4, 0.5) is 5.69 Å². The fourth-order valence-corrected chi connectivity index (χ4v) is 2.21. The molecule has 5 heteroatoms. The maximum absolute atomic E-state index is 11.9. The van der Waals surface area contributed by atoms with E-state index in [2.05, 4.69) is 26.1 Å². The number of carbonyl (C=O) groups is 1. The van der Waals surface area contributed by atoms with Gasteiger partial charge < -0.3 is 10.1 Å². The van der Waals surface area contributed by atoms with Crippen LogP contribution in [0, 0.1) is 6.92 Å². The van der Waals surface area contributed by atoms with Crippen LogP contribution >= 0.6 is 15.9 Å². The van der Waals surface area contributed by atoms with Gasteiger partial charge in [0.15, 0.2) is 0 Å². The zero-order chi connectivity index (χ0) is 13.0. The molecule has 0 bridgehead atoms. The molecule has 0 atom stereocenters. The second-order valence-corrected chi connectivity index (χ2v) is 5.25. The lowest BCUT2D eigenvalue weighted by atomic mass is 10.2. The van der Waals surface area contributed by atoms with Crippen molar-refractivity contribution in [1.29, 1.82) is 0 Å². The third kappa shape index (κ3) is 3.80. The number of amides is 1. The van der Waals surface area contributed by atoms with Crippen LogP contribution in [-0.2, 0) is 9.53 Å². The number of halogens is 1. The molecule has 2 rings (SSSR count). The molecule has 0 spiro atoms. The van der Waals surface area contributed by atoms with Gasteiger partial charge in [0.25, 0.3) is 0 Å². The molecule has 1 amide bonds. The summed E-state index contributed by atoms with van der Waals surface area (Å²) in [6, 6.07) is 5.82. The van der Waals surface area contributed by atoms with Crippen LogP contribution in [0.25, 0.3) is 0 Å². The van der Waals surface area contributed by atoms with E-state index in [0.717, 1.165) is 28.8 Å². The molecule has 1 aliphatic rings. The van der Waals surface area contributed by atoms with E-state index in [4.69, 9.17) is 4.74 Å². The van der Waals surface area contributed by atoms with Gasteiger partial charge in [0, 0.05) is 23.2 Å². The first-order valence-electron chi connectivity index (χ1n) is 6.01. The number of hydrogen-bond acceptors (Lipinski definition) is 3. The lowest BCUT2D eigenvalue weighted by molar-refractivity contribution is -0.118. The van der Waals surface area contributed by atoms with Gasteiger partial charge in [0.1, 0.15) is 0 Å². The molecule has 0 aliphatic carbocycles. The molecule has 1 saturated heterocycles. The van der Waals surface area contributed by atoms with Crippen molar-refractivity contribution >= 4 is 27.5 Å². The van der Waals surface area contributed by atoms with Gasteiger partial charge in [-0.3, -0.25) is 9.69 Å². The fourth-order valence-electron chi connectivity index (χ4n) is 1.83. The molecule has 0 unspecified atom stereocenters. The Labute approximate surface area is 115 Å². The normalized spacial score (nSPS) is 16.6. The first-order chi connectivity index (χ1) is 8.65. The Morgan fingerprint density at radius 3 is 2.83 bits per heavy atom. The Bertz CT molecular complexity index is 431. The summed E-state index contributed by atoms with van der Waals surface area (Å²) >= 11 is 3.46. The van der Waals surface area contributed by atoms with Crippen molar-refractivity contribution in [3.05, 3.63) is 28.2 Å². The van der Waals surface area contributed by atoms with E-state index < -0.39 is 0 Å². The number of ether oxygens (including phenoxy) is 1.